The first-order chi connectivity index (χ1) is 8.04. The zero-order chi connectivity index (χ0) is 12.8. The van der Waals surface area contributed by atoms with Crippen LogP contribution in [0.5, 0.6) is 0 Å². The Morgan fingerprint density at radius 3 is 2.71 bits per heavy atom. The summed E-state index contributed by atoms with van der Waals surface area (Å²) < 4.78 is 4.69. The number of hydrogen-bond acceptors (Lipinski definition) is 4. The number of aryl methyl sites for hydroxylation is 2. The van der Waals surface area contributed by atoms with Gasteiger partial charge in [-0.05, 0) is 44.0 Å². The fraction of sp³-hybridized carbons (Fsp3) is 0.333. The van der Waals surface area contributed by atoms with Gasteiger partial charge >= 0.3 is 5.97 Å². The summed E-state index contributed by atoms with van der Waals surface area (Å²) in [4.78, 5) is 11.2. The fourth-order valence-electron chi connectivity index (χ4n) is 1.16. The van der Waals surface area contributed by atoms with Gasteiger partial charge in [0.05, 0.1) is 12.3 Å². The lowest BCUT2D eigenvalue weighted by Gasteiger charge is -2.05. The molecule has 4 nitrogen and oxygen atoms in total. The van der Waals surface area contributed by atoms with E-state index in [1.54, 1.807) is 6.92 Å². The fourth-order valence-corrected chi connectivity index (χ4v) is 1.26. The summed E-state index contributed by atoms with van der Waals surface area (Å²) >= 11 is 5.64. The van der Waals surface area contributed by atoms with Crippen molar-refractivity contribution in [3.05, 3.63) is 29.3 Å². The van der Waals surface area contributed by atoms with E-state index in [4.69, 9.17) is 16.3 Å². The number of benzene rings is 1. The molecule has 0 atom stereocenters. The van der Waals surface area contributed by atoms with Gasteiger partial charge in [-0.15, -0.1) is 0 Å². The van der Waals surface area contributed by atoms with Crippen LogP contribution in [0.3, 0.4) is 0 Å². The lowest BCUT2D eigenvalue weighted by Crippen LogP contribution is -2.13. The van der Waals surface area contributed by atoms with Crippen molar-refractivity contribution in [3.63, 3.8) is 0 Å². The van der Waals surface area contributed by atoms with E-state index in [1.807, 2.05) is 32.0 Å². The third-order valence-corrected chi connectivity index (χ3v) is 2.47. The van der Waals surface area contributed by atoms with Crippen molar-refractivity contribution in [2.24, 2.45) is 5.10 Å². The summed E-state index contributed by atoms with van der Waals surface area (Å²) in [5, 5.41) is 3.52. The van der Waals surface area contributed by atoms with Crippen molar-refractivity contribution in [3.8, 4) is 0 Å². The summed E-state index contributed by atoms with van der Waals surface area (Å²) in [6.07, 6.45) is 0. The van der Waals surface area contributed by atoms with E-state index in [-0.39, 0.29) is 11.8 Å². The van der Waals surface area contributed by atoms with Crippen LogP contribution >= 0.6 is 11.6 Å². The lowest BCUT2D eigenvalue weighted by molar-refractivity contribution is -0.134. The van der Waals surface area contributed by atoms with Crippen LogP contribution in [-0.2, 0) is 9.53 Å². The van der Waals surface area contributed by atoms with Gasteiger partial charge in [-0.2, -0.15) is 5.10 Å². The molecule has 0 bridgehead atoms. The molecular formula is C12H15ClN2O2. The number of carbonyl (C=O) groups excluding carboxylic acids is 1. The number of esters is 1. The molecule has 0 aliphatic heterocycles. The topological polar surface area (TPSA) is 50.7 Å². The highest BCUT2D eigenvalue weighted by molar-refractivity contribution is 6.82. The monoisotopic (exact) mass is 254 g/mol. The van der Waals surface area contributed by atoms with Crippen LogP contribution in [0.1, 0.15) is 18.1 Å². The standard InChI is InChI=1S/C12H15ClN2O2/c1-4-17-12(16)11(13)15-14-10-6-5-8(2)9(3)7-10/h5-7,14H,4H2,1-3H3/b15-11+. The zero-order valence-corrected chi connectivity index (χ0v) is 10.8. The number of halogens is 1. The van der Waals surface area contributed by atoms with E-state index in [1.165, 1.54) is 5.56 Å². The predicted molar refractivity (Wildman–Crippen MR) is 69.5 cm³/mol. The molecular weight excluding hydrogens is 240 g/mol. The van der Waals surface area contributed by atoms with E-state index in [2.05, 4.69) is 10.5 Å². The van der Waals surface area contributed by atoms with Crippen LogP contribution < -0.4 is 5.43 Å². The largest absolute Gasteiger partial charge is 0.461 e. The van der Waals surface area contributed by atoms with Crippen molar-refractivity contribution < 1.29 is 9.53 Å². The summed E-state index contributed by atoms with van der Waals surface area (Å²) in [6.45, 7) is 6.00. The molecule has 5 heteroatoms. The summed E-state index contributed by atoms with van der Waals surface area (Å²) in [5.74, 6) is -0.634. The molecule has 0 aliphatic rings. The molecule has 0 radical (unpaired) electrons. The minimum Gasteiger partial charge on any atom is -0.461 e. The van der Waals surface area contributed by atoms with E-state index in [9.17, 15) is 4.79 Å². The van der Waals surface area contributed by atoms with Gasteiger partial charge in [-0.3, -0.25) is 5.43 Å². The van der Waals surface area contributed by atoms with Crippen molar-refractivity contribution >= 4 is 28.4 Å². The summed E-state index contributed by atoms with van der Waals surface area (Å²) in [5.41, 5.74) is 5.81. The smallest absolute Gasteiger partial charge is 0.370 e. The van der Waals surface area contributed by atoms with Gasteiger partial charge in [0.25, 0.3) is 0 Å². The predicted octanol–water partition coefficient (Wildman–Crippen LogP) is 2.83. The van der Waals surface area contributed by atoms with Gasteiger partial charge in [0.15, 0.2) is 0 Å². The maximum atomic E-state index is 11.2. The van der Waals surface area contributed by atoms with Crippen molar-refractivity contribution in [2.75, 3.05) is 12.0 Å². The number of rotatable bonds is 4. The molecule has 0 spiro atoms. The molecule has 0 fully saturated rings. The maximum Gasteiger partial charge on any atom is 0.370 e. The van der Waals surface area contributed by atoms with Crippen LogP contribution in [0, 0.1) is 13.8 Å². The van der Waals surface area contributed by atoms with Crippen molar-refractivity contribution in [2.45, 2.75) is 20.8 Å². The SMILES string of the molecule is CCOC(=O)/C(Cl)=N\Nc1ccc(C)c(C)c1. The van der Waals surface area contributed by atoms with E-state index in [0.717, 1.165) is 11.3 Å². The van der Waals surface area contributed by atoms with E-state index >= 15 is 0 Å². The second-order valence-electron chi connectivity index (χ2n) is 3.53. The Bertz CT molecular complexity index is 444. The number of nitrogens with one attached hydrogen (secondary N) is 1. The molecule has 1 aromatic carbocycles. The third kappa shape index (κ3) is 4.07. The van der Waals surface area contributed by atoms with E-state index < -0.39 is 5.97 Å². The van der Waals surface area contributed by atoms with Gasteiger partial charge in [-0.1, -0.05) is 17.7 Å². The Hall–Kier alpha value is -1.55. The van der Waals surface area contributed by atoms with Gasteiger partial charge in [-0.25, -0.2) is 4.79 Å². The molecule has 92 valence electrons. The molecule has 0 saturated carbocycles. The first-order valence-corrected chi connectivity index (χ1v) is 5.66. The Kier molecular flexibility index (Phi) is 4.97. The molecule has 1 aromatic rings. The zero-order valence-electron chi connectivity index (χ0n) is 10.1. The number of hydrogen-bond donors (Lipinski definition) is 1. The van der Waals surface area contributed by atoms with Crippen molar-refractivity contribution in [1.82, 2.24) is 0 Å². The number of nitrogens with zero attached hydrogens (tertiary/aromatic N) is 1. The van der Waals surface area contributed by atoms with Crippen molar-refractivity contribution in [1.29, 1.82) is 0 Å². The van der Waals surface area contributed by atoms with Crippen LogP contribution in [-0.4, -0.2) is 17.7 Å². The number of hydrazone groups is 1. The quantitative estimate of drug-likeness (QED) is 0.511. The number of carbonyl (C=O) groups is 1. The third-order valence-electron chi connectivity index (χ3n) is 2.23. The van der Waals surface area contributed by atoms with Gasteiger partial charge in [0, 0.05) is 0 Å². The highest BCUT2D eigenvalue weighted by Crippen LogP contribution is 2.14. The number of anilines is 1. The molecule has 1 N–H and O–H groups in total. The molecule has 0 heterocycles. The second-order valence-corrected chi connectivity index (χ2v) is 3.89. The highest BCUT2D eigenvalue weighted by atomic mass is 35.5. The molecule has 0 aromatic heterocycles. The van der Waals surface area contributed by atoms with Crippen LogP contribution in [0.4, 0.5) is 5.69 Å². The van der Waals surface area contributed by atoms with Crippen LogP contribution in [0.25, 0.3) is 0 Å². The summed E-state index contributed by atoms with van der Waals surface area (Å²) in [6, 6.07) is 5.75. The van der Waals surface area contributed by atoms with Crippen LogP contribution in [0.15, 0.2) is 23.3 Å². The molecule has 17 heavy (non-hydrogen) atoms. The number of ether oxygens (including phenoxy) is 1. The Labute approximate surface area is 106 Å². The molecule has 0 unspecified atom stereocenters. The Morgan fingerprint density at radius 2 is 2.12 bits per heavy atom. The maximum absolute atomic E-state index is 11.2. The molecule has 1 rings (SSSR count). The first kappa shape index (κ1) is 13.5. The second kappa shape index (κ2) is 6.25. The summed E-state index contributed by atoms with van der Waals surface area (Å²) in [7, 11) is 0. The Morgan fingerprint density at radius 1 is 1.41 bits per heavy atom. The van der Waals surface area contributed by atoms with Gasteiger partial charge in [0.1, 0.15) is 0 Å². The molecule has 0 amide bonds. The molecule has 0 saturated heterocycles. The van der Waals surface area contributed by atoms with Gasteiger partial charge in [0.2, 0.25) is 5.17 Å². The normalized spacial score (nSPS) is 11.2. The van der Waals surface area contributed by atoms with Crippen LogP contribution in [0.2, 0.25) is 0 Å². The molecule has 0 aliphatic carbocycles. The van der Waals surface area contributed by atoms with E-state index in [0.29, 0.717) is 0 Å². The van der Waals surface area contributed by atoms with Gasteiger partial charge < -0.3 is 4.74 Å². The average molecular weight is 255 g/mol. The lowest BCUT2D eigenvalue weighted by atomic mass is 10.1. The Balaban J connectivity index is 2.69. The minimum absolute atomic E-state index is 0.218. The highest BCUT2D eigenvalue weighted by Gasteiger charge is 2.08. The minimum atomic E-state index is -0.634. The average Bonchev–Trinajstić information content (AvgIpc) is 2.30. The first-order valence-electron chi connectivity index (χ1n) is 5.28.